The monoisotopic (exact) mass is 527 g/mol. The van der Waals surface area contributed by atoms with Crippen molar-refractivity contribution in [2.24, 2.45) is 11.8 Å². The van der Waals surface area contributed by atoms with E-state index in [1.807, 2.05) is 24.3 Å². The molecule has 0 aliphatic carbocycles. The Morgan fingerprint density at radius 1 is 1.13 bits per heavy atom. The van der Waals surface area contributed by atoms with Crippen molar-refractivity contribution < 1.29 is 29.3 Å². The number of aliphatic hydroxyl groups excluding tert-OH is 1. The molecule has 2 bridgehead atoms. The van der Waals surface area contributed by atoms with Gasteiger partial charge in [-0.2, -0.15) is 0 Å². The molecule has 3 aliphatic rings. The molecular formula is C29H41N3O6. The number of hydrogen-bond donors (Lipinski definition) is 2. The highest BCUT2D eigenvalue weighted by atomic mass is 16.5. The number of hydrogen-bond acceptors (Lipinski definition) is 6. The molecule has 208 valence electrons. The van der Waals surface area contributed by atoms with Crippen LogP contribution < -0.4 is 9.80 Å². The summed E-state index contributed by atoms with van der Waals surface area (Å²) in [4.78, 5) is 45.8. The van der Waals surface area contributed by atoms with Gasteiger partial charge in [0.25, 0.3) is 5.91 Å². The molecule has 2 N–H and O–H groups in total. The summed E-state index contributed by atoms with van der Waals surface area (Å²) in [5, 5.41) is 19.1. The van der Waals surface area contributed by atoms with Gasteiger partial charge >= 0.3 is 5.97 Å². The first-order valence-corrected chi connectivity index (χ1v) is 13.9. The van der Waals surface area contributed by atoms with Crippen LogP contribution in [0.1, 0.15) is 52.4 Å². The second-order valence-corrected chi connectivity index (χ2v) is 10.5. The molecule has 0 radical (unpaired) electrons. The third-order valence-corrected chi connectivity index (χ3v) is 8.49. The van der Waals surface area contributed by atoms with Gasteiger partial charge in [0.2, 0.25) is 5.91 Å². The van der Waals surface area contributed by atoms with Crippen molar-refractivity contribution in [3.63, 3.8) is 0 Å². The van der Waals surface area contributed by atoms with Gasteiger partial charge in [-0.3, -0.25) is 14.4 Å². The second kappa shape index (κ2) is 11.9. The number of anilines is 2. The number of carbonyl (C=O) groups excluding carboxylic acids is 2. The highest BCUT2D eigenvalue weighted by molar-refractivity contribution is 6.04. The van der Waals surface area contributed by atoms with Crippen LogP contribution in [-0.2, 0) is 19.1 Å². The van der Waals surface area contributed by atoms with Crippen LogP contribution in [-0.4, -0.2) is 83.4 Å². The topological polar surface area (TPSA) is 111 Å². The summed E-state index contributed by atoms with van der Waals surface area (Å²) in [7, 11) is 0. The van der Waals surface area contributed by atoms with Gasteiger partial charge < -0.3 is 29.6 Å². The number of aliphatic hydroxyl groups is 1. The maximum atomic E-state index is 14.4. The first-order valence-electron chi connectivity index (χ1n) is 13.9. The van der Waals surface area contributed by atoms with Crippen LogP contribution in [0.2, 0.25) is 0 Å². The number of unbranched alkanes of at least 4 members (excludes halogenated alkanes) is 3. The number of carbonyl (C=O) groups is 3. The summed E-state index contributed by atoms with van der Waals surface area (Å²) in [6, 6.07) is 6.91. The number of amides is 2. The Hall–Kier alpha value is -2.91. The van der Waals surface area contributed by atoms with E-state index in [2.05, 4.69) is 25.3 Å². The number of aliphatic carboxylic acids is 1. The number of benzene rings is 1. The minimum Gasteiger partial charge on any atom is -0.481 e. The predicted molar refractivity (Wildman–Crippen MR) is 145 cm³/mol. The quantitative estimate of drug-likeness (QED) is 0.283. The third kappa shape index (κ3) is 4.82. The molecule has 1 spiro atoms. The smallest absolute Gasteiger partial charge is 0.310 e. The Labute approximate surface area is 225 Å². The fraction of sp³-hybridized carbons (Fsp3) is 0.621. The lowest BCUT2D eigenvalue weighted by Crippen LogP contribution is -2.56. The number of ether oxygens (including phenoxy) is 1. The minimum absolute atomic E-state index is 0.119. The Morgan fingerprint density at radius 3 is 2.39 bits per heavy atom. The molecule has 3 aliphatic heterocycles. The van der Waals surface area contributed by atoms with Crippen LogP contribution in [0.3, 0.4) is 0 Å². The summed E-state index contributed by atoms with van der Waals surface area (Å²) in [6.45, 7) is 10.5. The fourth-order valence-corrected chi connectivity index (χ4v) is 6.73. The molecule has 0 saturated carbocycles. The number of fused-ring (bicyclic) bond motifs is 1. The molecule has 1 aromatic carbocycles. The Kier molecular flexibility index (Phi) is 8.78. The molecule has 9 heteroatoms. The number of likely N-dealkylation sites (tertiary alicyclic amines) is 1. The van der Waals surface area contributed by atoms with E-state index in [1.54, 1.807) is 15.9 Å². The van der Waals surface area contributed by atoms with Crippen LogP contribution in [0.25, 0.3) is 0 Å². The highest BCUT2D eigenvalue weighted by Gasteiger charge is 2.74. The van der Waals surface area contributed by atoms with Crippen LogP contribution >= 0.6 is 0 Å². The normalized spacial score (nSPS) is 27.4. The standard InChI is InChI=1S/C29H41N3O6/c1-4-17-31(21-13-11-20(12-14-21)30(5-2)6-3)27(35)25-29-16-15-22(38-29)23(28(36)37)24(29)26(34)32(25)18-9-7-8-10-19-33/h4,11-14,22-25,33H,1,5-10,15-19H2,2-3H3,(H,36,37)/t22-,23+,24+,25-,29+/m0/s1. The maximum Gasteiger partial charge on any atom is 0.310 e. The second-order valence-electron chi connectivity index (χ2n) is 10.5. The third-order valence-electron chi connectivity index (χ3n) is 8.49. The largest absolute Gasteiger partial charge is 0.481 e. The predicted octanol–water partition coefficient (Wildman–Crippen LogP) is 3.06. The number of carboxylic acids is 1. The maximum absolute atomic E-state index is 14.4. The van der Waals surface area contributed by atoms with Gasteiger partial charge in [-0.15, -0.1) is 6.58 Å². The number of rotatable bonds is 14. The Bertz CT molecular complexity index is 1030. The van der Waals surface area contributed by atoms with Crippen LogP contribution in [0.5, 0.6) is 0 Å². The van der Waals surface area contributed by atoms with Crippen molar-refractivity contribution in [1.82, 2.24) is 4.90 Å². The summed E-state index contributed by atoms with van der Waals surface area (Å²) >= 11 is 0. The summed E-state index contributed by atoms with van der Waals surface area (Å²) in [5.74, 6) is -3.40. The van der Waals surface area contributed by atoms with Crippen LogP contribution in [0, 0.1) is 11.8 Å². The molecule has 0 aromatic heterocycles. The first-order chi connectivity index (χ1) is 18.3. The van der Waals surface area contributed by atoms with Crippen LogP contribution in [0.4, 0.5) is 11.4 Å². The first kappa shape index (κ1) is 28.1. The summed E-state index contributed by atoms with van der Waals surface area (Å²) in [5.41, 5.74) is 0.627. The summed E-state index contributed by atoms with van der Waals surface area (Å²) in [6.07, 6.45) is 5.10. The molecule has 3 fully saturated rings. The molecule has 0 unspecified atom stereocenters. The average Bonchev–Trinajstić information content (AvgIpc) is 3.55. The van der Waals surface area contributed by atoms with Gasteiger partial charge in [0.15, 0.2) is 0 Å². The molecule has 5 atom stereocenters. The lowest BCUT2D eigenvalue weighted by Gasteiger charge is -2.37. The van der Waals surface area contributed by atoms with Gasteiger partial charge in [-0.05, 0) is 63.8 Å². The van der Waals surface area contributed by atoms with Crippen LogP contribution in [0.15, 0.2) is 36.9 Å². The lowest BCUT2D eigenvalue weighted by molar-refractivity contribution is -0.149. The van der Waals surface area contributed by atoms with Gasteiger partial charge in [0.1, 0.15) is 11.6 Å². The van der Waals surface area contributed by atoms with Crippen molar-refractivity contribution >= 4 is 29.2 Å². The van der Waals surface area contributed by atoms with Gasteiger partial charge in [0, 0.05) is 44.2 Å². The van der Waals surface area contributed by atoms with Crippen molar-refractivity contribution in [1.29, 1.82) is 0 Å². The van der Waals surface area contributed by atoms with Crippen molar-refractivity contribution in [2.45, 2.75) is 70.1 Å². The fourth-order valence-electron chi connectivity index (χ4n) is 6.73. The molecule has 2 amide bonds. The minimum atomic E-state index is -1.13. The molecular weight excluding hydrogens is 486 g/mol. The Balaban J connectivity index is 1.67. The zero-order valence-corrected chi connectivity index (χ0v) is 22.6. The molecule has 1 aromatic rings. The van der Waals surface area contributed by atoms with E-state index in [-0.39, 0.29) is 25.0 Å². The van der Waals surface area contributed by atoms with Crippen molar-refractivity contribution in [2.75, 3.05) is 42.6 Å². The molecule has 3 saturated heterocycles. The summed E-state index contributed by atoms with van der Waals surface area (Å²) < 4.78 is 6.32. The van der Waals surface area contributed by atoms with Gasteiger partial charge in [0.05, 0.1) is 17.9 Å². The molecule has 9 nitrogen and oxygen atoms in total. The van der Waals surface area contributed by atoms with Crippen molar-refractivity contribution in [3.05, 3.63) is 36.9 Å². The van der Waals surface area contributed by atoms with E-state index in [0.29, 0.717) is 37.9 Å². The number of carboxylic acid groups (broad SMARTS) is 1. The van der Waals surface area contributed by atoms with E-state index in [4.69, 9.17) is 9.84 Å². The highest BCUT2D eigenvalue weighted by Crippen LogP contribution is 2.58. The van der Waals surface area contributed by atoms with Gasteiger partial charge in [-0.1, -0.05) is 18.9 Å². The molecule has 3 heterocycles. The Morgan fingerprint density at radius 2 is 1.79 bits per heavy atom. The average molecular weight is 528 g/mol. The van der Waals surface area contributed by atoms with E-state index in [9.17, 15) is 19.5 Å². The van der Waals surface area contributed by atoms with E-state index in [0.717, 1.165) is 31.6 Å². The van der Waals surface area contributed by atoms with E-state index < -0.39 is 35.6 Å². The molecule has 4 rings (SSSR count). The number of nitrogens with zero attached hydrogens (tertiary/aromatic N) is 3. The zero-order valence-electron chi connectivity index (χ0n) is 22.6. The lowest BCUT2D eigenvalue weighted by atomic mass is 9.70. The van der Waals surface area contributed by atoms with E-state index >= 15 is 0 Å². The van der Waals surface area contributed by atoms with Gasteiger partial charge in [-0.25, -0.2) is 0 Å². The molecule has 38 heavy (non-hydrogen) atoms. The van der Waals surface area contributed by atoms with E-state index in [1.165, 1.54) is 0 Å². The SMILES string of the molecule is C=CCN(C(=O)[C@@H]1N(CCCCCCO)C(=O)[C@H]2[C@H](C(=O)O)[C@@H]3CC[C@]12O3)c1ccc(N(CC)CC)cc1. The zero-order chi connectivity index (χ0) is 27.4. The van der Waals surface area contributed by atoms with Crippen molar-refractivity contribution in [3.8, 4) is 0 Å².